The SMILES string of the molecule is OCC1CN(CC2CCCCC2O)CCO1. The zero-order valence-electron chi connectivity index (χ0n) is 9.85. The van der Waals surface area contributed by atoms with Crippen molar-refractivity contribution >= 4 is 0 Å². The molecule has 1 aliphatic heterocycles. The van der Waals surface area contributed by atoms with Gasteiger partial charge >= 0.3 is 0 Å². The molecule has 1 heterocycles. The van der Waals surface area contributed by atoms with E-state index in [-0.39, 0.29) is 18.8 Å². The number of aliphatic hydroxyl groups is 2. The van der Waals surface area contributed by atoms with E-state index < -0.39 is 0 Å². The van der Waals surface area contributed by atoms with Crippen molar-refractivity contribution in [3.05, 3.63) is 0 Å². The van der Waals surface area contributed by atoms with Crippen LogP contribution in [0.25, 0.3) is 0 Å². The smallest absolute Gasteiger partial charge is 0.0932 e. The summed E-state index contributed by atoms with van der Waals surface area (Å²) in [5.74, 6) is 0.422. The Bertz CT molecular complexity index is 212. The van der Waals surface area contributed by atoms with Crippen LogP contribution in [-0.2, 0) is 4.74 Å². The van der Waals surface area contributed by atoms with E-state index in [9.17, 15) is 5.11 Å². The summed E-state index contributed by atoms with van der Waals surface area (Å²) in [6.45, 7) is 3.50. The summed E-state index contributed by atoms with van der Waals surface area (Å²) >= 11 is 0. The van der Waals surface area contributed by atoms with Gasteiger partial charge in [0.2, 0.25) is 0 Å². The van der Waals surface area contributed by atoms with Crippen LogP contribution in [0.1, 0.15) is 25.7 Å². The Kier molecular flexibility index (Phi) is 4.58. The number of rotatable bonds is 3. The number of aliphatic hydroxyl groups excluding tert-OH is 2. The van der Waals surface area contributed by atoms with Crippen molar-refractivity contribution in [1.29, 1.82) is 0 Å². The molecule has 0 bridgehead atoms. The lowest BCUT2D eigenvalue weighted by atomic mass is 9.86. The number of hydrogen-bond acceptors (Lipinski definition) is 4. The Morgan fingerprint density at radius 1 is 1.25 bits per heavy atom. The molecule has 1 saturated heterocycles. The fourth-order valence-corrected chi connectivity index (χ4v) is 2.79. The monoisotopic (exact) mass is 229 g/mol. The number of hydrogen-bond donors (Lipinski definition) is 2. The van der Waals surface area contributed by atoms with E-state index in [2.05, 4.69) is 4.90 Å². The van der Waals surface area contributed by atoms with Gasteiger partial charge in [-0.3, -0.25) is 4.90 Å². The fourth-order valence-electron chi connectivity index (χ4n) is 2.79. The highest BCUT2D eigenvalue weighted by Crippen LogP contribution is 2.25. The number of nitrogens with zero attached hydrogens (tertiary/aromatic N) is 1. The molecule has 3 atom stereocenters. The Morgan fingerprint density at radius 3 is 2.81 bits per heavy atom. The van der Waals surface area contributed by atoms with Gasteiger partial charge in [-0.2, -0.15) is 0 Å². The largest absolute Gasteiger partial charge is 0.394 e. The predicted octanol–water partition coefficient (Wildman–Crippen LogP) is 0.231. The zero-order valence-corrected chi connectivity index (χ0v) is 9.85. The number of ether oxygens (including phenoxy) is 1. The quantitative estimate of drug-likeness (QED) is 0.727. The van der Waals surface area contributed by atoms with Crippen LogP contribution in [0.5, 0.6) is 0 Å². The molecule has 2 aliphatic rings. The summed E-state index contributed by atoms with van der Waals surface area (Å²) in [6, 6.07) is 0. The van der Waals surface area contributed by atoms with Gasteiger partial charge in [0.05, 0.1) is 25.4 Å². The van der Waals surface area contributed by atoms with Gasteiger partial charge in [-0.15, -0.1) is 0 Å². The second-order valence-electron chi connectivity index (χ2n) is 5.05. The van der Waals surface area contributed by atoms with E-state index in [0.29, 0.717) is 12.5 Å². The molecular formula is C12H23NO3. The minimum atomic E-state index is -0.121. The molecule has 2 N–H and O–H groups in total. The normalized spacial score (nSPS) is 37.5. The van der Waals surface area contributed by atoms with E-state index in [4.69, 9.17) is 9.84 Å². The minimum Gasteiger partial charge on any atom is -0.394 e. The van der Waals surface area contributed by atoms with Crippen LogP contribution >= 0.6 is 0 Å². The van der Waals surface area contributed by atoms with Crippen LogP contribution in [0.15, 0.2) is 0 Å². The predicted molar refractivity (Wildman–Crippen MR) is 61.2 cm³/mol. The molecule has 2 fully saturated rings. The molecule has 0 radical (unpaired) electrons. The van der Waals surface area contributed by atoms with Crippen molar-refractivity contribution in [2.75, 3.05) is 32.8 Å². The van der Waals surface area contributed by atoms with Crippen molar-refractivity contribution in [2.45, 2.75) is 37.9 Å². The topological polar surface area (TPSA) is 52.9 Å². The van der Waals surface area contributed by atoms with Gasteiger partial charge in [-0.05, 0) is 18.8 Å². The number of morpholine rings is 1. The molecule has 0 aromatic rings. The zero-order chi connectivity index (χ0) is 11.4. The average Bonchev–Trinajstić information content (AvgIpc) is 2.32. The highest BCUT2D eigenvalue weighted by atomic mass is 16.5. The van der Waals surface area contributed by atoms with Gasteiger partial charge in [-0.25, -0.2) is 0 Å². The van der Waals surface area contributed by atoms with E-state index in [0.717, 1.165) is 32.5 Å². The lowest BCUT2D eigenvalue weighted by Gasteiger charge is -2.37. The van der Waals surface area contributed by atoms with Gasteiger partial charge in [0.25, 0.3) is 0 Å². The fraction of sp³-hybridized carbons (Fsp3) is 1.00. The summed E-state index contributed by atoms with van der Waals surface area (Å²) in [4.78, 5) is 2.32. The first-order valence-corrected chi connectivity index (χ1v) is 6.42. The second kappa shape index (κ2) is 5.96. The van der Waals surface area contributed by atoms with Crippen LogP contribution in [-0.4, -0.2) is 60.2 Å². The molecule has 0 amide bonds. The first kappa shape index (κ1) is 12.3. The molecule has 2 rings (SSSR count). The molecule has 0 spiro atoms. The first-order chi connectivity index (χ1) is 7.79. The van der Waals surface area contributed by atoms with E-state index in [1.807, 2.05) is 0 Å². The maximum absolute atomic E-state index is 9.92. The second-order valence-corrected chi connectivity index (χ2v) is 5.05. The maximum atomic E-state index is 9.92. The summed E-state index contributed by atoms with van der Waals surface area (Å²) in [5.41, 5.74) is 0. The van der Waals surface area contributed by atoms with Crippen molar-refractivity contribution < 1.29 is 14.9 Å². The van der Waals surface area contributed by atoms with E-state index in [1.165, 1.54) is 12.8 Å². The summed E-state index contributed by atoms with van der Waals surface area (Å²) in [6.07, 6.45) is 4.36. The average molecular weight is 229 g/mol. The third kappa shape index (κ3) is 3.17. The molecule has 4 heteroatoms. The molecular weight excluding hydrogens is 206 g/mol. The van der Waals surface area contributed by atoms with Crippen LogP contribution in [0, 0.1) is 5.92 Å². The Labute approximate surface area is 97.2 Å². The Balaban J connectivity index is 1.79. The third-order valence-electron chi connectivity index (χ3n) is 3.79. The molecule has 1 saturated carbocycles. The van der Waals surface area contributed by atoms with Crippen LogP contribution in [0.2, 0.25) is 0 Å². The van der Waals surface area contributed by atoms with Gasteiger partial charge in [-0.1, -0.05) is 12.8 Å². The summed E-state index contributed by atoms with van der Waals surface area (Å²) in [7, 11) is 0. The summed E-state index contributed by atoms with van der Waals surface area (Å²) < 4.78 is 5.42. The van der Waals surface area contributed by atoms with Crippen LogP contribution < -0.4 is 0 Å². The lowest BCUT2D eigenvalue weighted by molar-refractivity contribution is -0.0640. The third-order valence-corrected chi connectivity index (χ3v) is 3.79. The van der Waals surface area contributed by atoms with Crippen LogP contribution in [0.4, 0.5) is 0 Å². The standard InChI is InChI=1S/C12H23NO3/c14-9-11-8-13(5-6-16-11)7-10-3-1-2-4-12(10)15/h10-12,14-15H,1-9H2. The summed E-state index contributed by atoms with van der Waals surface area (Å²) in [5, 5.41) is 19.0. The van der Waals surface area contributed by atoms with Gasteiger partial charge in [0.1, 0.15) is 0 Å². The Hall–Kier alpha value is -0.160. The van der Waals surface area contributed by atoms with Crippen molar-refractivity contribution in [1.82, 2.24) is 4.90 Å². The maximum Gasteiger partial charge on any atom is 0.0932 e. The first-order valence-electron chi connectivity index (χ1n) is 6.42. The van der Waals surface area contributed by atoms with Crippen molar-refractivity contribution in [3.8, 4) is 0 Å². The van der Waals surface area contributed by atoms with Gasteiger partial charge in [0.15, 0.2) is 0 Å². The van der Waals surface area contributed by atoms with Gasteiger partial charge in [0, 0.05) is 19.6 Å². The molecule has 94 valence electrons. The molecule has 3 unspecified atom stereocenters. The van der Waals surface area contributed by atoms with Crippen molar-refractivity contribution in [2.24, 2.45) is 5.92 Å². The van der Waals surface area contributed by atoms with E-state index >= 15 is 0 Å². The van der Waals surface area contributed by atoms with E-state index in [1.54, 1.807) is 0 Å². The minimum absolute atomic E-state index is 0.0329. The molecule has 0 aromatic carbocycles. The highest BCUT2D eigenvalue weighted by Gasteiger charge is 2.27. The Morgan fingerprint density at radius 2 is 2.06 bits per heavy atom. The molecule has 0 aromatic heterocycles. The van der Waals surface area contributed by atoms with Crippen LogP contribution in [0.3, 0.4) is 0 Å². The van der Waals surface area contributed by atoms with Gasteiger partial charge < -0.3 is 14.9 Å². The molecule has 16 heavy (non-hydrogen) atoms. The molecule has 4 nitrogen and oxygen atoms in total. The highest BCUT2D eigenvalue weighted by molar-refractivity contribution is 4.80. The van der Waals surface area contributed by atoms with Crippen molar-refractivity contribution in [3.63, 3.8) is 0 Å². The lowest BCUT2D eigenvalue weighted by Crippen LogP contribution is -2.47. The molecule has 1 aliphatic carbocycles.